The topological polar surface area (TPSA) is 71.5 Å². The van der Waals surface area contributed by atoms with Gasteiger partial charge in [-0.25, -0.2) is 9.29 Å². The van der Waals surface area contributed by atoms with Crippen LogP contribution < -0.4 is 5.32 Å². The predicted molar refractivity (Wildman–Crippen MR) is 94.5 cm³/mol. The van der Waals surface area contributed by atoms with Gasteiger partial charge in [-0.3, -0.25) is 4.40 Å². The molecule has 8 heteroatoms. The van der Waals surface area contributed by atoms with Crippen molar-refractivity contribution in [2.45, 2.75) is 13.0 Å². The fraction of sp³-hybridized carbons (Fsp3) is 0.312. The van der Waals surface area contributed by atoms with Gasteiger partial charge in [0.05, 0.1) is 12.8 Å². The summed E-state index contributed by atoms with van der Waals surface area (Å²) in [5.41, 5.74) is 3.16. The highest BCUT2D eigenvalue weighted by Gasteiger charge is 2.17. The van der Waals surface area contributed by atoms with Crippen LogP contribution in [0.5, 0.6) is 0 Å². The zero-order valence-corrected chi connectivity index (χ0v) is 14.2. The van der Waals surface area contributed by atoms with Crippen LogP contribution in [0.3, 0.4) is 0 Å². The van der Waals surface area contributed by atoms with Crippen molar-refractivity contribution in [3.05, 3.63) is 48.3 Å². The zero-order valence-electron chi connectivity index (χ0n) is 13.3. The van der Waals surface area contributed by atoms with Crippen LogP contribution in [0.25, 0.3) is 11.2 Å². The van der Waals surface area contributed by atoms with Crippen LogP contribution in [-0.4, -0.2) is 43.2 Å². The minimum Gasteiger partial charge on any atom is -0.467 e. The first kappa shape index (κ1) is 15.2. The molecular formula is C16H18N6OS. The highest BCUT2D eigenvalue weighted by molar-refractivity contribution is 7.96. The molecule has 3 aromatic rings. The molecule has 0 unspecified atom stereocenters. The van der Waals surface area contributed by atoms with E-state index in [4.69, 9.17) is 4.42 Å². The maximum atomic E-state index is 5.34. The zero-order chi connectivity index (χ0) is 16.4. The molecule has 124 valence electrons. The highest BCUT2D eigenvalue weighted by Crippen LogP contribution is 2.27. The molecule has 1 aliphatic heterocycles. The van der Waals surface area contributed by atoms with Gasteiger partial charge >= 0.3 is 0 Å². The number of hydrogen-bond donors (Lipinski definition) is 1. The molecule has 0 fully saturated rings. The Labute approximate surface area is 143 Å². The highest BCUT2D eigenvalue weighted by atomic mass is 32.2. The number of hydrogen-bond acceptors (Lipinski definition) is 7. The molecule has 3 aromatic heterocycles. The molecule has 0 saturated carbocycles. The van der Waals surface area contributed by atoms with E-state index < -0.39 is 0 Å². The molecule has 24 heavy (non-hydrogen) atoms. The van der Waals surface area contributed by atoms with Crippen molar-refractivity contribution < 1.29 is 4.42 Å². The van der Waals surface area contributed by atoms with Crippen molar-refractivity contribution >= 4 is 29.1 Å². The van der Waals surface area contributed by atoms with Gasteiger partial charge < -0.3 is 9.73 Å². The summed E-state index contributed by atoms with van der Waals surface area (Å²) >= 11 is 1.78. The minimum absolute atomic E-state index is 0.567. The molecule has 1 N–H and O–H groups in total. The fourth-order valence-corrected chi connectivity index (χ4v) is 3.31. The second-order valence-electron chi connectivity index (χ2n) is 5.50. The molecule has 0 aromatic carbocycles. The normalized spacial score (nSPS) is 15.6. The van der Waals surface area contributed by atoms with Crippen LogP contribution >= 0.6 is 11.9 Å². The number of nitrogens with zero attached hydrogens (tertiary/aromatic N) is 5. The standard InChI is InChI=1S/C16H18N6OS/c1-24-21-6-4-12(5-7-21)14-10-18-16(22-11-19-20-15(14)22)17-9-13-3-2-8-23-13/h2-4,8,10-11H,5-7,9H2,1H3,(H,17,18). The molecule has 0 aliphatic carbocycles. The third-order valence-electron chi connectivity index (χ3n) is 4.11. The van der Waals surface area contributed by atoms with Gasteiger partial charge in [0, 0.05) is 24.8 Å². The maximum absolute atomic E-state index is 5.34. The molecular weight excluding hydrogens is 324 g/mol. The third kappa shape index (κ3) is 2.90. The first-order chi connectivity index (χ1) is 11.8. The molecule has 0 spiro atoms. The Bertz CT molecular complexity index is 857. The van der Waals surface area contributed by atoms with Gasteiger partial charge in [0.1, 0.15) is 12.1 Å². The van der Waals surface area contributed by atoms with Crippen LogP contribution in [0.2, 0.25) is 0 Å². The summed E-state index contributed by atoms with van der Waals surface area (Å²) in [6.45, 7) is 2.54. The number of anilines is 1. The maximum Gasteiger partial charge on any atom is 0.210 e. The smallest absolute Gasteiger partial charge is 0.210 e. The molecule has 0 atom stereocenters. The van der Waals surface area contributed by atoms with Gasteiger partial charge in [-0.05, 0) is 30.4 Å². The Morgan fingerprint density at radius 2 is 2.38 bits per heavy atom. The van der Waals surface area contributed by atoms with E-state index in [0.29, 0.717) is 12.5 Å². The molecule has 0 bridgehead atoms. The van der Waals surface area contributed by atoms with E-state index in [1.807, 2.05) is 22.7 Å². The number of fused-ring (bicyclic) bond motifs is 1. The lowest BCUT2D eigenvalue weighted by Crippen LogP contribution is -2.21. The third-order valence-corrected chi connectivity index (χ3v) is 4.96. The first-order valence-corrected chi connectivity index (χ1v) is 8.97. The summed E-state index contributed by atoms with van der Waals surface area (Å²) < 4.78 is 9.56. The molecule has 4 rings (SSSR count). The lowest BCUT2D eigenvalue weighted by Gasteiger charge is -2.23. The molecule has 4 heterocycles. The average Bonchev–Trinajstić information content (AvgIpc) is 3.31. The second kappa shape index (κ2) is 6.66. The minimum atomic E-state index is 0.567. The Kier molecular flexibility index (Phi) is 4.22. The summed E-state index contributed by atoms with van der Waals surface area (Å²) in [5.74, 6) is 1.56. The first-order valence-electron chi connectivity index (χ1n) is 7.78. The van der Waals surface area contributed by atoms with E-state index in [9.17, 15) is 0 Å². The number of aromatic nitrogens is 4. The molecule has 0 amide bonds. The van der Waals surface area contributed by atoms with E-state index in [1.165, 1.54) is 5.57 Å². The largest absolute Gasteiger partial charge is 0.467 e. The van der Waals surface area contributed by atoms with Crippen LogP contribution in [0.15, 0.2) is 41.4 Å². The van der Waals surface area contributed by atoms with Crippen molar-refractivity contribution in [3.8, 4) is 0 Å². The van der Waals surface area contributed by atoms with E-state index >= 15 is 0 Å². The molecule has 1 aliphatic rings. The fourth-order valence-electron chi connectivity index (χ4n) is 2.82. The quantitative estimate of drug-likeness (QED) is 0.715. The van der Waals surface area contributed by atoms with Gasteiger partial charge in [-0.1, -0.05) is 18.0 Å². The molecule has 7 nitrogen and oxygen atoms in total. The number of nitrogens with one attached hydrogen (secondary N) is 1. The van der Waals surface area contributed by atoms with Gasteiger partial charge in [0.15, 0.2) is 5.65 Å². The monoisotopic (exact) mass is 342 g/mol. The van der Waals surface area contributed by atoms with Crippen LogP contribution in [0.1, 0.15) is 17.7 Å². The number of furan rings is 1. The lowest BCUT2D eigenvalue weighted by molar-refractivity contribution is 0.517. The SMILES string of the molecule is CSN1CC=C(c2cnc(NCc3ccco3)n3cnnc23)CC1. The van der Waals surface area contributed by atoms with Crippen LogP contribution in [-0.2, 0) is 6.54 Å². The van der Waals surface area contributed by atoms with Gasteiger partial charge in [-0.15, -0.1) is 10.2 Å². The van der Waals surface area contributed by atoms with Crippen molar-refractivity contribution in [1.82, 2.24) is 23.9 Å². The van der Waals surface area contributed by atoms with Gasteiger partial charge in [0.2, 0.25) is 5.95 Å². The van der Waals surface area contributed by atoms with E-state index in [-0.39, 0.29) is 0 Å². The summed E-state index contributed by atoms with van der Waals surface area (Å²) in [5, 5.41) is 11.6. The van der Waals surface area contributed by atoms with Crippen molar-refractivity contribution in [2.75, 3.05) is 24.7 Å². The van der Waals surface area contributed by atoms with Crippen molar-refractivity contribution in [1.29, 1.82) is 0 Å². The Morgan fingerprint density at radius 1 is 1.42 bits per heavy atom. The average molecular weight is 342 g/mol. The van der Waals surface area contributed by atoms with Crippen LogP contribution in [0, 0.1) is 0 Å². The van der Waals surface area contributed by atoms with Crippen LogP contribution in [0.4, 0.5) is 5.95 Å². The Morgan fingerprint density at radius 3 is 3.12 bits per heavy atom. The van der Waals surface area contributed by atoms with Crippen molar-refractivity contribution in [3.63, 3.8) is 0 Å². The molecule has 0 saturated heterocycles. The summed E-state index contributed by atoms with van der Waals surface area (Å²) in [6.07, 6.45) is 10.6. The van der Waals surface area contributed by atoms with Gasteiger partial charge in [0.25, 0.3) is 0 Å². The summed E-state index contributed by atoms with van der Waals surface area (Å²) in [4.78, 5) is 4.56. The molecule has 0 radical (unpaired) electrons. The Hall–Kier alpha value is -2.32. The van der Waals surface area contributed by atoms with E-state index in [0.717, 1.165) is 36.5 Å². The lowest BCUT2D eigenvalue weighted by atomic mass is 10.0. The Balaban J connectivity index is 1.61. The summed E-state index contributed by atoms with van der Waals surface area (Å²) in [6, 6.07) is 3.80. The van der Waals surface area contributed by atoms with E-state index in [2.05, 4.69) is 37.1 Å². The summed E-state index contributed by atoms with van der Waals surface area (Å²) in [7, 11) is 0. The van der Waals surface area contributed by atoms with Crippen molar-refractivity contribution in [2.24, 2.45) is 0 Å². The van der Waals surface area contributed by atoms with Gasteiger partial charge in [-0.2, -0.15) is 0 Å². The predicted octanol–water partition coefficient (Wildman–Crippen LogP) is 2.70. The number of rotatable bonds is 5. The second-order valence-corrected chi connectivity index (χ2v) is 6.38. The van der Waals surface area contributed by atoms with E-state index in [1.54, 1.807) is 24.5 Å².